The molecule has 0 spiro atoms. The topological polar surface area (TPSA) is 106 Å². The summed E-state index contributed by atoms with van der Waals surface area (Å²) in [4.78, 5) is 22.7. The number of aromatic nitrogens is 2. The fraction of sp³-hybridized carbons (Fsp3) is 0.174. The van der Waals surface area contributed by atoms with Crippen LogP contribution in [0.2, 0.25) is 0 Å². The highest BCUT2D eigenvalue weighted by atomic mass is 19.1. The van der Waals surface area contributed by atoms with E-state index < -0.39 is 24.4 Å². The Labute approximate surface area is 184 Å². The third-order valence-electron chi connectivity index (χ3n) is 5.16. The highest BCUT2D eigenvalue weighted by Gasteiger charge is 2.35. The quantitative estimate of drug-likeness (QED) is 0.579. The van der Waals surface area contributed by atoms with E-state index in [4.69, 9.17) is 10.5 Å². The Bertz CT molecular complexity index is 1220. The molecule has 2 aromatic carbocycles. The monoisotopic (exact) mass is 435 g/mol. The smallest absolute Gasteiger partial charge is 0.279 e. The molecule has 0 unspecified atom stereocenters. The van der Waals surface area contributed by atoms with Gasteiger partial charge in [-0.25, -0.2) is 14.4 Å². The van der Waals surface area contributed by atoms with Crippen molar-refractivity contribution in [2.75, 3.05) is 13.7 Å². The van der Waals surface area contributed by atoms with Crippen LogP contribution in [0.25, 0.3) is 11.8 Å². The number of nitrogens with two attached hydrogens (primary N) is 1. The molecule has 1 atom stereocenters. The molecule has 8 nitrogen and oxygen atoms in total. The molecule has 164 valence electrons. The van der Waals surface area contributed by atoms with E-state index in [1.165, 1.54) is 29.2 Å². The number of aliphatic imine (C=N–C) groups is 1. The van der Waals surface area contributed by atoms with Crippen LogP contribution < -0.4 is 10.5 Å². The van der Waals surface area contributed by atoms with Crippen LogP contribution >= 0.6 is 0 Å². The average molecular weight is 435 g/mol. The Balaban J connectivity index is 1.64. The SMILES string of the molecule is COc1cc(/C=C2\N=C(N)N([C@H](CO)c3ccc(F)cc3)C2=O)ccc1-n1cnc(C)c1. The summed E-state index contributed by atoms with van der Waals surface area (Å²) in [5, 5.41) is 9.89. The Hall–Kier alpha value is -3.98. The zero-order valence-electron chi connectivity index (χ0n) is 17.6. The standard InChI is InChI=1S/C23H22FN5O3/c1-14-11-28(13-26-14)19-8-3-15(10-21(19)32-2)9-18-22(31)29(23(25)27-18)20(12-30)16-4-6-17(24)7-5-16/h3-11,13,20,30H,12H2,1-2H3,(H2,25,27)/b18-9-/t20-/m1/s1. The fourth-order valence-electron chi connectivity index (χ4n) is 3.58. The second kappa shape index (κ2) is 8.64. The van der Waals surface area contributed by atoms with Crippen molar-refractivity contribution in [2.45, 2.75) is 13.0 Å². The Morgan fingerprint density at radius 1 is 1.25 bits per heavy atom. The van der Waals surface area contributed by atoms with Crippen LogP contribution in [-0.4, -0.2) is 45.1 Å². The van der Waals surface area contributed by atoms with Gasteiger partial charge in [-0.3, -0.25) is 9.69 Å². The molecule has 0 aliphatic carbocycles. The van der Waals surface area contributed by atoms with E-state index in [1.54, 1.807) is 25.6 Å². The van der Waals surface area contributed by atoms with Crippen molar-refractivity contribution in [2.24, 2.45) is 10.7 Å². The number of aryl methyl sites for hydroxylation is 1. The van der Waals surface area contributed by atoms with Gasteiger partial charge in [0.05, 0.1) is 37.5 Å². The largest absolute Gasteiger partial charge is 0.495 e. The number of imidazole rings is 1. The number of methoxy groups -OCH3 is 1. The fourth-order valence-corrected chi connectivity index (χ4v) is 3.58. The first kappa shape index (κ1) is 21.3. The molecule has 0 saturated carbocycles. The van der Waals surface area contributed by atoms with Crippen LogP contribution in [0.5, 0.6) is 5.75 Å². The maximum absolute atomic E-state index is 13.3. The minimum atomic E-state index is -0.779. The highest BCUT2D eigenvalue weighted by Crippen LogP contribution is 2.29. The lowest BCUT2D eigenvalue weighted by molar-refractivity contribution is -0.124. The molecular weight excluding hydrogens is 413 g/mol. The van der Waals surface area contributed by atoms with Gasteiger partial charge in [-0.15, -0.1) is 0 Å². The average Bonchev–Trinajstić information content (AvgIpc) is 3.33. The molecule has 0 bridgehead atoms. The van der Waals surface area contributed by atoms with Crippen LogP contribution in [0.15, 0.2) is 65.7 Å². The molecule has 1 amide bonds. The number of hydrogen-bond acceptors (Lipinski definition) is 6. The number of halogens is 1. The molecule has 1 aliphatic rings. The summed E-state index contributed by atoms with van der Waals surface area (Å²) in [6, 6.07) is 10.2. The van der Waals surface area contributed by atoms with E-state index in [0.29, 0.717) is 16.9 Å². The van der Waals surface area contributed by atoms with Gasteiger partial charge in [-0.05, 0) is 48.4 Å². The minimum Gasteiger partial charge on any atom is -0.495 e. The van der Waals surface area contributed by atoms with E-state index in [0.717, 1.165) is 11.4 Å². The van der Waals surface area contributed by atoms with E-state index in [1.807, 2.05) is 29.8 Å². The maximum atomic E-state index is 13.3. The van der Waals surface area contributed by atoms with Crippen LogP contribution in [0.3, 0.4) is 0 Å². The van der Waals surface area contributed by atoms with Crippen molar-refractivity contribution in [3.8, 4) is 11.4 Å². The number of aliphatic hydroxyl groups is 1. The second-order valence-electron chi connectivity index (χ2n) is 7.28. The highest BCUT2D eigenvalue weighted by molar-refractivity contribution is 6.13. The third kappa shape index (κ3) is 3.97. The lowest BCUT2D eigenvalue weighted by Crippen LogP contribution is -2.41. The lowest BCUT2D eigenvalue weighted by Gasteiger charge is -2.25. The van der Waals surface area contributed by atoms with Crippen LogP contribution in [0, 0.1) is 12.7 Å². The van der Waals surface area contributed by atoms with Gasteiger partial charge in [0, 0.05) is 6.20 Å². The van der Waals surface area contributed by atoms with Gasteiger partial charge >= 0.3 is 0 Å². The number of hydrogen-bond donors (Lipinski definition) is 2. The van der Waals surface area contributed by atoms with Crippen molar-refractivity contribution in [1.82, 2.24) is 14.5 Å². The molecule has 0 radical (unpaired) electrons. The summed E-state index contributed by atoms with van der Waals surface area (Å²) in [6.07, 6.45) is 5.17. The first-order chi connectivity index (χ1) is 15.4. The number of guanidine groups is 1. The van der Waals surface area contributed by atoms with Crippen molar-refractivity contribution >= 4 is 17.9 Å². The number of carbonyl (C=O) groups excluding carboxylic acids is 1. The number of benzene rings is 2. The molecular formula is C23H22FN5O3. The molecule has 3 N–H and O–H groups in total. The summed E-state index contributed by atoms with van der Waals surface area (Å²) in [6.45, 7) is 1.50. The van der Waals surface area contributed by atoms with Crippen LogP contribution in [0.1, 0.15) is 22.9 Å². The van der Waals surface area contributed by atoms with Crippen molar-refractivity contribution in [3.05, 3.63) is 83.3 Å². The summed E-state index contributed by atoms with van der Waals surface area (Å²) in [5.41, 5.74) is 9.04. The molecule has 1 aromatic heterocycles. The van der Waals surface area contributed by atoms with E-state index in [-0.39, 0.29) is 11.7 Å². The van der Waals surface area contributed by atoms with Gasteiger partial charge in [0.1, 0.15) is 17.3 Å². The zero-order valence-corrected chi connectivity index (χ0v) is 17.6. The van der Waals surface area contributed by atoms with Crippen molar-refractivity contribution in [1.29, 1.82) is 0 Å². The number of nitrogens with zero attached hydrogens (tertiary/aromatic N) is 4. The van der Waals surface area contributed by atoms with Crippen molar-refractivity contribution < 1.29 is 19.0 Å². The number of ether oxygens (including phenoxy) is 1. The first-order valence-electron chi connectivity index (χ1n) is 9.86. The molecule has 32 heavy (non-hydrogen) atoms. The summed E-state index contributed by atoms with van der Waals surface area (Å²) in [7, 11) is 1.56. The molecule has 9 heteroatoms. The summed E-state index contributed by atoms with van der Waals surface area (Å²) >= 11 is 0. The van der Waals surface area contributed by atoms with E-state index in [2.05, 4.69) is 9.98 Å². The van der Waals surface area contributed by atoms with Gasteiger partial charge in [-0.1, -0.05) is 18.2 Å². The van der Waals surface area contributed by atoms with Crippen LogP contribution in [0.4, 0.5) is 4.39 Å². The molecule has 0 fully saturated rings. The van der Waals surface area contributed by atoms with Crippen molar-refractivity contribution in [3.63, 3.8) is 0 Å². The van der Waals surface area contributed by atoms with E-state index in [9.17, 15) is 14.3 Å². The van der Waals surface area contributed by atoms with Gasteiger partial charge in [0.15, 0.2) is 0 Å². The van der Waals surface area contributed by atoms with Crippen LogP contribution in [-0.2, 0) is 4.79 Å². The van der Waals surface area contributed by atoms with Gasteiger partial charge in [0.25, 0.3) is 5.91 Å². The maximum Gasteiger partial charge on any atom is 0.279 e. The predicted octanol–water partition coefficient (Wildman–Crippen LogP) is 2.56. The number of amides is 1. The normalized spacial score (nSPS) is 15.9. The molecule has 2 heterocycles. The molecule has 0 saturated heterocycles. The second-order valence-corrected chi connectivity index (χ2v) is 7.28. The Morgan fingerprint density at radius 3 is 2.62 bits per heavy atom. The number of aliphatic hydroxyl groups excluding tert-OH is 1. The van der Waals surface area contributed by atoms with Gasteiger partial charge < -0.3 is 20.1 Å². The van der Waals surface area contributed by atoms with Gasteiger partial charge in [-0.2, -0.15) is 0 Å². The molecule has 3 aromatic rings. The minimum absolute atomic E-state index is 0.0397. The molecule has 4 rings (SSSR count). The predicted molar refractivity (Wildman–Crippen MR) is 118 cm³/mol. The summed E-state index contributed by atoms with van der Waals surface area (Å²) in [5.74, 6) is -0.319. The molecule has 1 aliphatic heterocycles. The lowest BCUT2D eigenvalue weighted by atomic mass is 10.1. The number of rotatable bonds is 6. The first-order valence-corrected chi connectivity index (χ1v) is 9.86. The Kier molecular flexibility index (Phi) is 5.74. The summed E-state index contributed by atoms with van der Waals surface area (Å²) < 4.78 is 20.6. The van der Waals surface area contributed by atoms with Gasteiger partial charge in [0.2, 0.25) is 5.96 Å². The third-order valence-corrected chi connectivity index (χ3v) is 5.16. The zero-order chi connectivity index (χ0) is 22.8. The van der Waals surface area contributed by atoms with E-state index >= 15 is 0 Å². The number of carbonyl (C=O) groups is 1. The Morgan fingerprint density at radius 2 is 2.00 bits per heavy atom.